The second-order valence-electron chi connectivity index (χ2n) is 5.33. The average molecular weight is 340 g/mol. The lowest BCUT2D eigenvalue weighted by Crippen LogP contribution is -2.17. The monoisotopic (exact) mass is 340 g/mol. The second kappa shape index (κ2) is 8.06. The van der Waals surface area contributed by atoms with E-state index >= 15 is 0 Å². The van der Waals surface area contributed by atoms with Crippen LogP contribution >= 0.6 is 0 Å². The molecule has 1 unspecified atom stereocenters. The number of nitriles is 1. The third-order valence-electron chi connectivity index (χ3n) is 3.56. The molecular weight excluding hydrogens is 324 g/mol. The van der Waals surface area contributed by atoms with Gasteiger partial charge in [0.2, 0.25) is 0 Å². The molecule has 0 fully saturated rings. The van der Waals surface area contributed by atoms with Gasteiger partial charge in [0.1, 0.15) is 0 Å². The number of aromatic carboxylic acids is 1. The molecule has 0 saturated heterocycles. The van der Waals surface area contributed by atoms with E-state index in [4.69, 9.17) is 10.2 Å². The summed E-state index contributed by atoms with van der Waals surface area (Å²) in [6, 6.07) is 12.3. The predicted molar refractivity (Wildman–Crippen MR) is 89.3 cm³/mol. The van der Waals surface area contributed by atoms with Crippen LogP contribution in [-0.4, -0.2) is 39.9 Å². The summed E-state index contributed by atoms with van der Waals surface area (Å²) in [4.78, 5) is 23.5. The number of carbonyl (C=O) groups is 2. The molecule has 2 aromatic carbocycles. The number of rotatable bonds is 6. The largest absolute Gasteiger partial charge is 0.478 e. The van der Waals surface area contributed by atoms with Crippen LogP contribution < -0.4 is 5.32 Å². The van der Waals surface area contributed by atoms with Crippen molar-refractivity contribution >= 4 is 17.6 Å². The fourth-order valence-electron chi connectivity index (χ4n) is 2.32. The molecule has 0 aliphatic heterocycles. The first-order valence-corrected chi connectivity index (χ1v) is 7.42. The summed E-state index contributed by atoms with van der Waals surface area (Å²) < 4.78 is 0. The normalized spacial score (nSPS) is 11.4. The molecule has 7 nitrogen and oxygen atoms in total. The van der Waals surface area contributed by atoms with Gasteiger partial charge in [-0.2, -0.15) is 5.26 Å². The molecular formula is C18H16N2O5. The number of aliphatic hydroxyl groups excluding tert-OH is 2. The van der Waals surface area contributed by atoms with Crippen molar-refractivity contribution in [2.45, 2.75) is 12.5 Å². The molecule has 1 amide bonds. The third-order valence-corrected chi connectivity index (χ3v) is 3.56. The van der Waals surface area contributed by atoms with Gasteiger partial charge in [-0.05, 0) is 29.8 Å². The number of amides is 1. The molecule has 4 N–H and O–H groups in total. The Morgan fingerprint density at radius 3 is 2.44 bits per heavy atom. The SMILES string of the molecule is N#Cc1cc(NC(=O)c2ccccc2C(=O)O)ccc1CC(O)CO. The van der Waals surface area contributed by atoms with Crippen molar-refractivity contribution in [2.24, 2.45) is 0 Å². The number of hydrogen-bond donors (Lipinski definition) is 4. The molecule has 0 radical (unpaired) electrons. The zero-order valence-corrected chi connectivity index (χ0v) is 13.1. The minimum absolute atomic E-state index is 0.00767. The highest BCUT2D eigenvalue weighted by molar-refractivity contribution is 6.10. The van der Waals surface area contributed by atoms with Gasteiger partial charge in [0.05, 0.1) is 35.5 Å². The molecule has 128 valence electrons. The van der Waals surface area contributed by atoms with E-state index in [0.717, 1.165) is 0 Å². The van der Waals surface area contributed by atoms with Gasteiger partial charge in [-0.25, -0.2) is 4.79 Å². The number of carboxylic acids is 1. The van der Waals surface area contributed by atoms with E-state index in [-0.39, 0.29) is 23.1 Å². The first kappa shape index (κ1) is 18.1. The van der Waals surface area contributed by atoms with E-state index in [1.54, 1.807) is 18.2 Å². The lowest BCUT2D eigenvalue weighted by Gasteiger charge is -2.11. The minimum atomic E-state index is -1.21. The van der Waals surface area contributed by atoms with Crippen LogP contribution in [0.5, 0.6) is 0 Å². The van der Waals surface area contributed by atoms with Gasteiger partial charge in [0.25, 0.3) is 5.91 Å². The Morgan fingerprint density at radius 1 is 1.16 bits per heavy atom. The Labute approximate surface area is 143 Å². The number of nitrogens with one attached hydrogen (secondary N) is 1. The standard InChI is InChI=1S/C18H16N2O5/c19-9-12-7-13(6-5-11(12)8-14(22)10-21)20-17(23)15-3-1-2-4-16(15)18(24)25/h1-7,14,21-22H,8,10H2,(H,20,23)(H,24,25). The van der Waals surface area contributed by atoms with E-state index in [9.17, 15) is 20.0 Å². The molecule has 0 spiro atoms. The second-order valence-corrected chi connectivity index (χ2v) is 5.33. The number of hydrogen-bond acceptors (Lipinski definition) is 5. The van der Waals surface area contributed by atoms with Crippen LogP contribution in [0.2, 0.25) is 0 Å². The third kappa shape index (κ3) is 4.41. The van der Waals surface area contributed by atoms with Crippen molar-refractivity contribution in [3.8, 4) is 6.07 Å². The molecule has 25 heavy (non-hydrogen) atoms. The lowest BCUT2D eigenvalue weighted by molar-refractivity contribution is 0.0692. The van der Waals surface area contributed by atoms with Crippen molar-refractivity contribution in [2.75, 3.05) is 11.9 Å². The van der Waals surface area contributed by atoms with E-state index in [0.29, 0.717) is 11.3 Å². The first-order chi connectivity index (χ1) is 12.0. The molecule has 1 atom stereocenters. The minimum Gasteiger partial charge on any atom is -0.478 e. The quantitative estimate of drug-likeness (QED) is 0.629. The highest BCUT2D eigenvalue weighted by Gasteiger charge is 2.16. The van der Waals surface area contributed by atoms with Crippen molar-refractivity contribution in [3.05, 3.63) is 64.7 Å². The van der Waals surface area contributed by atoms with E-state index < -0.39 is 24.6 Å². The van der Waals surface area contributed by atoms with Crippen molar-refractivity contribution in [1.29, 1.82) is 5.26 Å². The van der Waals surface area contributed by atoms with Gasteiger partial charge in [0.15, 0.2) is 0 Å². The molecule has 7 heteroatoms. The van der Waals surface area contributed by atoms with Crippen LogP contribution in [0.3, 0.4) is 0 Å². The maximum absolute atomic E-state index is 12.3. The number of benzene rings is 2. The van der Waals surface area contributed by atoms with Crippen LogP contribution in [-0.2, 0) is 6.42 Å². The van der Waals surface area contributed by atoms with Gasteiger partial charge < -0.3 is 20.6 Å². The van der Waals surface area contributed by atoms with Crippen LogP contribution in [0.15, 0.2) is 42.5 Å². The highest BCUT2D eigenvalue weighted by Crippen LogP contribution is 2.19. The van der Waals surface area contributed by atoms with E-state index in [2.05, 4.69) is 5.32 Å². The number of carbonyl (C=O) groups excluding carboxylic acids is 1. The summed E-state index contributed by atoms with van der Waals surface area (Å²) in [5, 5.41) is 39.3. The van der Waals surface area contributed by atoms with Crippen molar-refractivity contribution < 1.29 is 24.9 Å². The molecule has 0 heterocycles. The Kier molecular flexibility index (Phi) is 5.84. The van der Waals surface area contributed by atoms with Crippen LogP contribution in [0.25, 0.3) is 0 Å². The summed E-state index contributed by atoms with van der Waals surface area (Å²) in [6.07, 6.45) is -0.870. The van der Waals surface area contributed by atoms with E-state index in [1.165, 1.54) is 24.3 Å². The summed E-state index contributed by atoms with van der Waals surface area (Å²) in [7, 11) is 0. The number of aliphatic hydroxyl groups is 2. The van der Waals surface area contributed by atoms with Crippen LogP contribution in [0.1, 0.15) is 31.8 Å². The van der Waals surface area contributed by atoms with Crippen LogP contribution in [0, 0.1) is 11.3 Å². The van der Waals surface area contributed by atoms with Gasteiger partial charge in [0, 0.05) is 12.1 Å². The zero-order chi connectivity index (χ0) is 18.4. The first-order valence-electron chi connectivity index (χ1n) is 7.42. The zero-order valence-electron chi connectivity index (χ0n) is 13.1. The molecule has 2 aromatic rings. The fourth-order valence-corrected chi connectivity index (χ4v) is 2.32. The van der Waals surface area contributed by atoms with Gasteiger partial charge in [-0.3, -0.25) is 4.79 Å². The Bertz CT molecular complexity index is 842. The highest BCUT2D eigenvalue weighted by atomic mass is 16.4. The fraction of sp³-hybridized carbons (Fsp3) is 0.167. The van der Waals surface area contributed by atoms with Gasteiger partial charge in [-0.1, -0.05) is 18.2 Å². The van der Waals surface area contributed by atoms with Gasteiger partial charge >= 0.3 is 5.97 Å². The molecule has 0 bridgehead atoms. The number of nitrogens with zero attached hydrogens (tertiary/aromatic N) is 1. The summed E-state index contributed by atoms with van der Waals surface area (Å²) in [5.74, 6) is -1.82. The molecule has 0 aromatic heterocycles. The average Bonchev–Trinajstić information content (AvgIpc) is 2.62. The van der Waals surface area contributed by atoms with Crippen molar-refractivity contribution in [3.63, 3.8) is 0 Å². The predicted octanol–water partition coefficient (Wildman–Crippen LogP) is 1.40. The Hall–Kier alpha value is -3.21. The topological polar surface area (TPSA) is 131 Å². The molecule has 2 rings (SSSR count). The molecule has 0 saturated carbocycles. The number of anilines is 1. The lowest BCUT2D eigenvalue weighted by atomic mass is 10.0. The maximum Gasteiger partial charge on any atom is 0.336 e. The summed E-state index contributed by atoms with van der Waals surface area (Å²) in [6.45, 7) is -0.421. The maximum atomic E-state index is 12.3. The molecule has 0 aliphatic rings. The van der Waals surface area contributed by atoms with Crippen LogP contribution in [0.4, 0.5) is 5.69 Å². The smallest absolute Gasteiger partial charge is 0.336 e. The molecule has 0 aliphatic carbocycles. The summed E-state index contributed by atoms with van der Waals surface area (Å²) >= 11 is 0. The van der Waals surface area contributed by atoms with Crippen molar-refractivity contribution in [1.82, 2.24) is 0 Å². The van der Waals surface area contributed by atoms with E-state index in [1.807, 2.05) is 6.07 Å². The Balaban J connectivity index is 2.25. The van der Waals surface area contributed by atoms with Gasteiger partial charge in [-0.15, -0.1) is 0 Å². The Morgan fingerprint density at radius 2 is 1.84 bits per heavy atom. The number of carboxylic acid groups (broad SMARTS) is 1. The summed E-state index contributed by atoms with van der Waals surface area (Å²) in [5.41, 5.74) is 0.991.